The number of aromatic nitrogens is 3. The Labute approximate surface area is 204 Å². The predicted octanol–water partition coefficient (Wildman–Crippen LogP) is 7.55. The molecule has 0 fully saturated rings. The van der Waals surface area contributed by atoms with Crippen LogP contribution >= 0.6 is 0 Å². The Bertz CT molecular complexity index is 1510. The number of hydrogen-bond donors (Lipinski definition) is 1. The number of hydrogen-bond acceptors (Lipinski definition) is 4. The summed E-state index contributed by atoms with van der Waals surface area (Å²) in [5, 5.41) is 3.52. The van der Waals surface area contributed by atoms with Crippen LogP contribution in [-0.2, 0) is 0 Å². The van der Waals surface area contributed by atoms with Crippen molar-refractivity contribution < 1.29 is 9.13 Å². The summed E-state index contributed by atoms with van der Waals surface area (Å²) >= 11 is 0. The Morgan fingerprint density at radius 3 is 2.46 bits per heavy atom. The number of rotatable bonds is 6. The van der Waals surface area contributed by atoms with Crippen LogP contribution in [0.1, 0.15) is 25.6 Å². The van der Waals surface area contributed by atoms with E-state index in [9.17, 15) is 4.39 Å². The van der Waals surface area contributed by atoms with E-state index >= 15 is 0 Å². The van der Waals surface area contributed by atoms with Gasteiger partial charge in [0.15, 0.2) is 0 Å². The van der Waals surface area contributed by atoms with Gasteiger partial charge in [-0.15, -0.1) is 0 Å². The highest BCUT2D eigenvalue weighted by Gasteiger charge is 2.18. The van der Waals surface area contributed by atoms with Gasteiger partial charge in [-0.05, 0) is 87.0 Å². The number of anilines is 2. The maximum Gasteiger partial charge on any atom is 0.141 e. The van der Waals surface area contributed by atoms with Crippen LogP contribution < -0.4 is 10.1 Å². The SMILES string of the molecule is COc1cc(Nc2cccc3c2nc(-c2ccc(F)cc2)n3C(C)C)ccc1-c1ccnc(C)c1. The van der Waals surface area contributed by atoms with Gasteiger partial charge in [-0.3, -0.25) is 4.98 Å². The molecule has 0 aliphatic rings. The summed E-state index contributed by atoms with van der Waals surface area (Å²) in [5.41, 5.74) is 7.55. The van der Waals surface area contributed by atoms with Crippen molar-refractivity contribution in [2.45, 2.75) is 26.8 Å². The largest absolute Gasteiger partial charge is 0.496 e. The van der Waals surface area contributed by atoms with Crippen molar-refractivity contribution in [2.75, 3.05) is 12.4 Å². The molecule has 0 bridgehead atoms. The standard InChI is InChI=1S/C29H27FN4O/c1-18(2)34-26-7-5-6-25(28(26)33-29(34)20-8-10-22(30)11-9-20)32-23-12-13-24(27(17-23)35-4)21-14-15-31-19(3)16-21/h5-18,32H,1-4H3. The molecular formula is C29H27FN4O. The van der Waals surface area contributed by atoms with Crippen molar-refractivity contribution in [3.8, 4) is 28.3 Å². The number of benzene rings is 3. The summed E-state index contributed by atoms with van der Waals surface area (Å²) in [4.78, 5) is 9.28. The second-order valence-corrected chi connectivity index (χ2v) is 8.81. The van der Waals surface area contributed by atoms with E-state index in [0.717, 1.165) is 56.4 Å². The van der Waals surface area contributed by atoms with Crippen LogP contribution in [0.25, 0.3) is 33.5 Å². The lowest BCUT2D eigenvalue weighted by atomic mass is 10.0. The van der Waals surface area contributed by atoms with Gasteiger partial charge >= 0.3 is 0 Å². The molecular weight excluding hydrogens is 439 g/mol. The van der Waals surface area contributed by atoms with Gasteiger partial charge in [0.25, 0.3) is 0 Å². The number of ether oxygens (including phenoxy) is 1. The molecule has 35 heavy (non-hydrogen) atoms. The van der Waals surface area contributed by atoms with Crippen LogP contribution in [0.2, 0.25) is 0 Å². The average molecular weight is 467 g/mol. The van der Waals surface area contributed by atoms with E-state index in [1.54, 1.807) is 25.4 Å². The third-order valence-electron chi connectivity index (χ3n) is 6.03. The topological polar surface area (TPSA) is 52.0 Å². The van der Waals surface area contributed by atoms with Gasteiger partial charge in [0.1, 0.15) is 22.9 Å². The summed E-state index contributed by atoms with van der Waals surface area (Å²) in [6.07, 6.45) is 1.81. The van der Waals surface area contributed by atoms with E-state index in [0.29, 0.717) is 0 Å². The minimum Gasteiger partial charge on any atom is -0.496 e. The first-order valence-electron chi connectivity index (χ1n) is 11.6. The van der Waals surface area contributed by atoms with Gasteiger partial charge in [0, 0.05) is 40.8 Å². The quantitative estimate of drug-likeness (QED) is 0.281. The zero-order chi connectivity index (χ0) is 24.5. The molecule has 0 aliphatic heterocycles. The van der Waals surface area contributed by atoms with Crippen LogP contribution in [0.5, 0.6) is 5.75 Å². The van der Waals surface area contributed by atoms with Crippen molar-refractivity contribution in [1.29, 1.82) is 0 Å². The van der Waals surface area contributed by atoms with Crippen molar-refractivity contribution in [2.24, 2.45) is 0 Å². The highest BCUT2D eigenvalue weighted by atomic mass is 19.1. The molecule has 0 radical (unpaired) electrons. The summed E-state index contributed by atoms with van der Waals surface area (Å²) < 4.78 is 21.4. The van der Waals surface area contributed by atoms with Crippen LogP contribution in [0.4, 0.5) is 15.8 Å². The van der Waals surface area contributed by atoms with Crippen molar-refractivity contribution in [1.82, 2.24) is 14.5 Å². The first-order chi connectivity index (χ1) is 16.9. The van der Waals surface area contributed by atoms with Gasteiger partial charge < -0.3 is 14.6 Å². The molecule has 0 atom stereocenters. The fourth-order valence-electron chi connectivity index (χ4n) is 4.42. The third-order valence-corrected chi connectivity index (χ3v) is 6.03. The Balaban J connectivity index is 1.57. The van der Waals surface area contributed by atoms with E-state index in [4.69, 9.17) is 9.72 Å². The van der Waals surface area contributed by atoms with E-state index in [1.165, 1.54) is 12.1 Å². The van der Waals surface area contributed by atoms with Gasteiger partial charge in [-0.1, -0.05) is 6.07 Å². The lowest BCUT2D eigenvalue weighted by Gasteiger charge is -2.14. The normalized spacial score (nSPS) is 11.3. The van der Waals surface area contributed by atoms with Crippen molar-refractivity contribution >= 4 is 22.4 Å². The molecule has 5 nitrogen and oxygen atoms in total. The molecule has 5 aromatic rings. The second-order valence-electron chi connectivity index (χ2n) is 8.81. The van der Waals surface area contributed by atoms with Gasteiger partial charge in [0.2, 0.25) is 0 Å². The van der Waals surface area contributed by atoms with E-state index in [2.05, 4.69) is 34.8 Å². The molecule has 0 saturated carbocycles. The van der Waals surface area contributed by atoms with Gasteiger partial charge in [-0.2, -0.15) is 0 Å². The van der Waals surface area contributed by atoms with Crippen molar-refractivity contribution in [3.05, 3.63) is 90.5 Å². The summed E-state index contributed by atoms with van der Waals surface area (Å²) in [7, 11) is 1.68. The first kappa shape index (κ1) is 22.6. The molecule has 2 aromatic heterocycles. The van der Waals surface area contributed by atoms with E-state index in [1.807, 2.05) is 49.4 Å². The molecule has 0 aliphatic carbocycles. The Morgan fingerprint density at radius 2 is 1.74 bits per heavy atom. The van der Waals surface area contributed by atoms with Crippen LogP contribution in [-0.4, -0.2) is 21.6 Å². The van der Waals surface area contributed by atoms with Crippen LogP contribution in [0.15, 0.2) is 79.0 Å². The molecule has 0 saturated heterocycles. The number of pyridine rings is 1. The Morgan fingerprint density at radius 1 is 0.943 bits per heavy atom. The number of imidazole rings is 1. The van der Waals surface area contributed by atoms with Gasteiger partial charge in [-0.25, -0.2) is 9.37 Å². The molecule has 0 spiro atoms. The van der Waals surface area contributed by atoms with Crippen LogP contribution in [0, 0.1) is 12.7 Å². The zero-order valence-electron chi connectivity index (χ0n) is 20.2. The monoisotopic (exact) mass is 466 g/mol. The molecule has 0 unspecified atom stereocenters. The lowest BCUT2D eigenvalue weighted by molar-refractivity contribution is 0.416. The lowest BCUT2D eigenvalue weighted by Crippen LogP contribution is -2.03. The minimum absolute atomic E-state index is 0.179. The van der Waals surface area contributed by atoms with E-state index < -0.39 is 0 Å². The number of fused-ring (bicyclic) bond motifs is 1. The molecule has 3 aromatic carbocycles. The molecule has 6 heteroatoms. The maximum atomic E-state index is 13.5. The highest BCUT2D eigenvalue weighted by molar-refractivity contribution is 5.93. The van der Waals surface area contributed by atoms with Crippen molar-refractivity contribution in [3.63, 3.8) is 0 Å². The number of halogens is 1. The maximum absolute atomic E-state index is 13.5. The number of methoxy groups -OCH3 is 1. The van der Waals surface area contributed by atoms with Crippen LogP contribution in [0.3, 0.4) is 0 Å². The molecule has 2 heterocycles. The zero-order valence-corrected chi connectivity index (χ0v) is 20.2. The molecule has 5 rings (SSSR count). The van der Waals surface area contributed by atoms with E-state index in [-0.39, 0.29) is 11.9 Å². The Kier molecular flexibility index (Phi) is 5.95. The molecule has 0 amide bonds. The highest BCUT2D eigenvalue weighted by Crippen LogP contribution is 2.36. The fourth-order valence-corrected chi connectivity index (χ4v) is 4.42. The predicted molar refractivity (Wildman–Crippen MR) is 140 cm³/mol. The number of nitrogens with one attached hydrogen (secondary N) is 1. The summed E-state index contributed by atoms with van der Waals surface area (Å²) in [6, 6.07) is 22.9. The summed E-state index contributed by atoms with van der Waals surface area (Å²) in [5.74, 6) is 1.32. The fraction of sp³-hybridized carbons (Fsp3) is 0.172. The Hall–Kier alpha value is -4.19. The third kappa shape index (κ3) is 4.35. The first-order valence-corrected chi connectivity index (χ1v) is 11.6. The number of aryl methyl sites for hydroxylation is 1. The molecule has 1 N–H and O–H groups in total. The smallest absolute Gasteiger partial charge is 0.141 e. The average Bonchev–Trinajstić information content (AvgIpc) is 3.25. The minimum atomic E-state index is -0.261. The second kappa shape index (κ2) is 9.22. The van der Waals surface area contributed by atoms with Gasteiger partial charge in [0.05, 0.1) is 18.3 Å². The number of nitrogens with zero attached hydrogens (tertiary/aromatic N) is 3. The molecule has 176 valence electrons. The summed E-state index contributed by atoms with van der Waals surface area (Å²) in [6.45, 7) is 6.22. The number of para-hydroxylation sites is 1.